The van der Waals surface area contributed by atoms with Crippen molar-refractivity contribution in [3.05, 3.63) is 39.3 Å². The number of benzene rings is 1. The van der Waals surface area contributed by atoms with E-state index in [2.05, 4.69) is 4.98 Å². The van der Waals surface area contributed by atoms with Gasteiger partial charge in [-0.05, 0) is 18.6 Å². The Morgan fingerprint density at radius 2 is 2.11 bits per heavy atom. The van der Waals surface area contributed by atoms with Crippen LogP contribution in [0.1, 0.15) is 11.3 Å². The summed E-state index contributed by atoms with van der Waals surface area (Å²) < 4.78 is 0. The molecule has 0 aliphatic carbocycles. The maximum atomic E-state index is 10.5. The molecule has 0 saturated heterocycles. The number of carbonyl (C=O) groups is 1. The summed E-state index contributed by atoms with van der Waals surface area (Å²) in [6.45, 7) is 0. The van der Waals surface area contributed by atoms with E-state index in [-0.39, 0.29) is 6.42 Å². The molecule has 1 aromatic heterocycles. The predicted octanol–water partition coefficient (Wildman–Crippen LogP) is 4.13. The first-order chi connectivity index (χ1) is 8.56. The monoisotopic (exact) mass is 301 g/mol. The molecule has 3 nitrogen and oxygen atoms in total. The van der Waals surface area contributed by atoms with E-state index >= 15 is 0 Å². The number of carboxylic acid groups (broad SMARTS) is 1. The lowest BCUT2D eigenvalue weighted by molar-refractivity contribution is -0.136. The largest absolute Gasteiger partial charge is 0.481 e. The van der Waals surface area contributed by atoms with Crippen LogP contribution in [0.3, 0.4) is 0 Å². The average Bonchev–Trinajstić information content (AvgIpc) is 2.79. The Morgan fingerprint density at radius 3 is 2.78 bits per heavy atom. The molecule has 0 amide bonds. The third-order valence-electron chi connectivity index (χ3n) is 2.31. The third-order valence-corrected chi connectivity index (χ3v) is 4.15. The van der Waals surface area contributed by atoms with Crippen molar-refractivity contribution in [2.24, 2.45) is 0 Å². The van der Waals surface area contributed by atoms with Gasteiger partial charge in [0, 0.05) is 16.6 Å². The topological polar surface area (TPSA) is 50.2 Å². The SMILES string of the molecule is O=C(O)CCc1cnc(-c2ccc(Cl)c(Cl)c2)s1. The van der Waals surface area contributed by atoms with Crippen molar-refractivity contribution >= 4 is 40.5 Å². The highest BCUT2D eigenvalue weighted by Gasteiger charge is 2.08. The fourth-order valence-corrected chi connectivity index (χ4v) is 2.62. The first-order valence-electron chi connectivity index (χ1n) is 5.18. The van der Waals surface area contributed by atoms with Crippen molar-refractivity contribution in [2.75, 3.05) is 0 Å². The second-order valence-electron chi connectivity index (χ2n) is 3.65. The van der Waals surface area contributed by atoms with E-state index in [0.29, 0.717) is 16.5 Å². The summed E-state index contributed by atoms with van der Waals surface area (Å²) in [5.74, 6) is -0.806. The molecule has 0 unspecified atom stereocenters. The highest BCUT2D eigenvalue weighted by atomic mass is 35.5. The highest BCUT2D eigenvalue weighted by molar-refractivity contribution is 7.15. The lowest BCUT2D eigenvalue weighted by Crippen LogP contribution is -1.95. The minimum atomic E-state index is -0.806. The number of halogens is 2. The molecule has 0 saturated carbocycles. The molecule has 0 fully saturated rings. The molecule has 0 spiro atoms. The van der Waals surface area contributed by atoms with Gasteiger partial charge in [0.15, 0.2) is 0 Å². The smallest absolute Gasteiger partial charge is 0.303 e. The fraction of sp³-hybridized carbons (Fsp3) is 0.167. The van der Waals surface area contributed by atoms with Crippen molar-refractivity contribution in [1.82, 2.24) is 4.98 Å². The second kappa shape index (κ2) is 5.69. The zero-order valence-corrected chi connectivity index (χ0v) is 11.5. The second-order valence-corrected chi connectivity index (χ2v) is 5.58. The van der Waals surface area contributed by atoms with Crippen molar-refractivity contribution in [3.8, 4) is 10.6 Å². The summed E-state index contributed by atoms with van der Waals surface area (Å²) in [5.41, 5.74) is 0.885. The van der Waals surface area contributed by atoms with Crippen LogP contribution in [0.2, 0.25) is 10.0 Å². The molecule has 6 heteroatoms. The minimum Gasteiger partial charge on any atom is -0.481 e. The molecule has 0 aliphatic heterocycles. The quantitative estimate of drug-likeness (QED) is 0.923. The summed E-state index contributed by atoms with van der Waals surface area (Å²) in [4.78, 5) is 15.7. The number of hydrogen-bond donors (Lipinski definition) is 1. The first kappa shape index (κ1) is 13.3. The van der Waals surface area contributed by atoms with Gasteiger partial charge in [-0.25, -0.2) is 4.98 Å². The molecular formula is C12H9Cl2NO2S. The molecule has 18 heavy (non-hydrogen) atoms. The molecule has 1 N–H and O–H groups in total. The van der Waals surface area contributed by atoms with Gasteiger partial charge in [0.05, 0.1) is 16.5 Å². The number of carboxylic acids is 1. The van der Waals surface area contributed by atoms with E-state index in [0.717, 1.165) is 15.4 Å². The summed E-state index contributed by atoms with van der Waals surface area (Å²) in [6, 6.07) is 5.31. The maximum absolute atomic E-state index is 10.5. The van der Waals surface area contributed by atoms with E-state index in [1.165, 1.54) is 11.3 Å². The molecule has 2 aromatic rings. The van der Waals surface area contributed by atoms with Gasteiger partial charge in [0.2, 0.25) is 0 Å². The molecule has 0 radical (unpaired) electrons. The Balaban J connectivity index is 2.18. The Bertz CT molecular complexity index is 583. The fourth-order valence-electron chi connectivity index (χ4n) is 1.42. The first-order valence-corrected chi connectivity index (χ1v) is 6.75. The standard InChI is InChI=1S/C12H9Cl2NO2S/c13-9-3-1-7(5-10(9)14)12-15-6-8(18-12)2-4-11(16)17/h1,3,5-6H,2,4H2,(H,16,17). The number of aromatic nitrogens is 1. The molecule has 0 atom stereocenters. The number of aliphatic carboxylic acids is 1. The molecule has 2 rings (SSSR count). The summed E-state index contributed by atoms with van der Waals surface area (Å²) in [6.07, 6.45) is 2.31. The lowest BCUT2D eigenvalue weighted by atomic mass is 10.2. The van der Waals surface area contributed by atoms with Crippen LogP contribution in [0.15, 0.2) is 24.4 Å². The van der Waals surface area contributed by atoms with Crippen LogP contribution in [-0.4, -0.2) is 16.1 Å². The zero-order valence-electron chi connectivity index (χ0n) is 9.19. The molecule has 0 bridgehead atoms. The van der Waals surface area contributed by atoms with E-state index < -0.39 is 5.97 Å². The van der Waals surface area contributed by atoms with Gasteiger partial charge in [-0.15, -0.1) is 11.3 Å². The molecular weight excluding hydrogens is 293 g/mol. The summed E-state index contributed by atoms with van der Waals surface area (Å²) in [5, 5.41) is 10.4. The normalized spacial score (nSPS) is 10.6. The van der Waals surface area contributed by atoms with Crippen LogP contribution in [0.25, 0.3) is 10.6 Å². The number of thiazole rings is 1. The molecule has 94 valence electrons. The Morgan fingerprint density at radius 1 is 1.33 bits per heavy atom. The van der Waals surface area contributed by atoms with E-state index in [1.807, 2.05) is 6.07 Å². The van der Waals surface area contributed by atoms with Crippen molar-refractivity contribution in [2.45, 2.75) is 12.8 Å². The number of rotatable bonds is 4. The van der Waals surface area contributed by atoms with E-state index in [1.54, 1.807) is 18.3 Å². The summed E-state index contributed by atoms with van der Waals surface area (Å²) >= 11 is 13.3. The van der Waals surface area contributed by atoms with Gasteiger partial charge in [-0.3, -0.25) is 4.79 Å². The average molecular weight is 302 g/mol. The molecule has 0 aliphatic rings. The number of aryl methyl sites for hydroxylation is 1. The van der Waals surface area contributed by atoms with Gasteiger partial charge >= 0.3 is 5.97 Å². The van der Waals surface area contributed by atoms with Gasteiger partial charge in [0.1, 0.15) is 5.01 Å². The Hall–Kier alpha value is -1.10. The Labute approximate surface area is 118 Å². The van der Waals surface area contributed by atoms with Crippen LogP contribution in [-0.2, 0) is 11.2 Å². The van der Waals surface area contributed by atoms with Crippen LogP contribution in [0.4, 0.5) is 0 Å². The van der Waals surface area contributed by atoms with Crippen LogP contribution >= 0.6 is 34.5 Å². The van der Waals surface area contributed by atoms with Gasteiger partial charge in [0.25, 0.3) is 0 Å². The molecule has 1 heterocycles. The minimum absolute atomic E-state index is 0.114. The number of nitrogens with zero attached hydrogens (tertiary/aromatic N) is 1. The Kier molecular flexibility index (Phi) is 4.22. The molecule has 1 aromatic carbocycles. The predicted molar refractivity (Wildman–Crippen MR) is 73.5 cm³/mol. The van der Waals surface area contributed by atoms with Crippen LogP contribution < -0.4 is 0 Å². The van der Waals surface area contributed by atoms with Crippen molar-refractivity contribution in [3.63, 3.8) is 0 Å². The highest BCUT2D eigenvalue weighted by Crippen LogP contribution is 2.31. The third kappa shape index (κ3) is 3.22. The number of hydrogen-bond acceptors (Lipinski definition) is 3. The van der Waals surface area contributed by atoms with Crippen molar-refractivity contribution in [1.29, 1.82) is 0 Å². The van der Waals surface area contributed by atoms with Gasteiger partial charge < -0.3 is 5.11 Å². The zero-order chi connectivity index (χ0) is 13.1. The van der Waals surface area contributed by atoms with E-state index in [4.69, 9.17) is 28.3 Å². The maximum Gasteiger partial charge on any atom is 0.303 e. The van der Waals surface area contributed by atoms with E-state index in [9.17, 15) is 4.79 Å². The van der Waals surface area contributed by atoms with Crippen molar-refractivity contribution < 1.29 is 9.90 Å². The lowest BCUT2D eigenvalue weighted by Gasteiger charge is -1.98. The van der Waals surface area contributed by atoms with Crippen LogP contribution in [0.5, 0.6) is 0 Å². The van der Waals surface area contributed by atoms with Crippen LogP contribution in [0, 0.1) is 0 Å². The van der Waals surface area contributed by atoms with Gasteiger partial charge in [-0.1, -0.05) is 29.3 Å². The van der Waals surface area contributed by atoms with Gasteiger partial charge in [-0.2, -0.15) is 0 Å². The summed E-state index contributed by atoms with van der Waals surface area (Å²) in [7, 11) is 0.